The number of nitrogens with one attached hydrogen (secondary N) is 2. The molecule has 0 spiro atoms. The Hall–Kier alpha value is -2.25. The van der Waals surface area contributed by atoms with Crippen molar-refractivity contribution in [1.82, 2.24) is 10.0 Å². The van der Waals surface area contributed by atoms with Crippen LogP contribution in [0.5, 0.6) is 0 Å². The summed E-state index contributed by atoms with van der Waals surface area (Å²) in [4.78, 5) is 23.8. The second-order valence-corrected chi connectivity index (χ2v) is 6.43. The van der Waals surface area contributed by atoms with Crippen molar-refractivity contribution in [3.05, 3.63) is 41.5 Å². The number of carbonyl (C=O) groups excluding carboxylic acids is 2. The van der Waals surface area contributed by atoms with E-state index < -0.39 is 21.8 Å². The van der Waals surface area contributed by atoms with Crippen LogP contribution >= 0.6 is 0 Å². The molecule has 2 amide bonds. The smallest absolute Gasteiger partial charge is 0.258 e. The van der Waals surface area contributed by atoms with Gasteiger partial charge >= 0.3 is 0 Å². The predicted octanol–water partition coefficient (Wildman–Crippen LogP) is 1.02. The standard InChI is InChI=1S/C14H12N2O4S/c1-2-15-21(19,20)9-6-8-4-3-5-10-12(8)11(7-9)14(18)16-13(10)17/h3-7,15H,2H2,1H3,(H,16,17,18). The molecule has 2 aromatic carbocycles. The largest absolute Gasteiger partial charge is 0.288 e. The van der Waals surface area contributed by atoms with Gasteiger partial charge in [0.2, 0.25) is 10.0 Å². The lowest BCUT2D eigenvalue weighted by molar-refractivity contribution is 0.0845. The van der Waals surface area contributed by atoms with Gasteiger partial charge in [-0.1, -0.05) is 19.1 Å². The van der Waals surface area contributed by atoms with Gasteiger partial charge in [0.15, 0.2) is 0 Å². The first kappa shape index (κ1) is 13.7. The molecule has 1 heterocycles. The van der Waals surface area contributed by atoms with E-state index >= 15 is 0 Å². The molecule has 0 fully saturated rings. The van der Waals surface area contributed by atoms with Gasteiger partial charge in [0.1, 0.15) is 0 Å². The molecule has 108 valence electrons. The SMILES string of the molecule is CCNS(=O)(=O)c1cc2c3c(cccc3c1)C(=O)NC2=O. The van der Waals surface area contributed by atoms with E-state index in [0.717, 1.165) is 0 Å². The molecule has 0 saturated heterocycles. The summed E-state index contributed by atoms with van der Waals surface area (Å²) in [5.41, 5.74) is 0.564. The van der Waals surface area contributed by atoms with E-state index in [9.17, 15) is 18.0 Å². The Morgan fingerprint density at radius 3 is 2.52 bits per heavy atom. The molecule has 6 nitrogen and oxygen atoms in total. The average Bonchev–Trinajstić information content (AvgIpc) is 2.44. The van der Waals surface area contributed by atoms with Gasteiger partial charge < -0.3 is 0 Å². The van der Waals surface area contributed by atoms with Crippen LogP contribution in [0.3, 0.4) is 0 Å². The van der Waals surface area contributed by atoms with Crippen LogP contribution in [0.25, 0.3) is 10.8 Å². The maximum Gasteiger partial charge on any atom is 0.258 e. The lowest BCUT2D eigenvalue weighted by Gasteiger charge is -2.17. The summed E-state index contributed by atoms with van der Waals surface area (Å²) in [6.07, 6.45) is 0. The normalized spacial score (nSPS) is 14.3. The molecule has 2 aromatic rings. The molecule has 3 rings (SSSR count). The fourth-order valence-corrected chi connectivity index (χ4v) is 3.54. The van der Waals surface area contributed by atoms with Crippen molar-refractivity contribution < 1.29 is 18.0 Å². The summed E-state index contributed by atoms with van der Waals surface area (Å²) in [5.74, 6) is -1.06. The van der Waals surface area contributed by atoms with Crippen LogP contribution in [0.15, 0.2) is 35.2 Å². The number of hydrogen-bond donors (Lipinski definition) is 2. The molecular weight excluding hydrogens is 292 g/mol. The van der Waals surface area contributed by atoms with Crippen molar-refractivity contribution in [2.75, 3.05) is 6.54 Å². The third-order valence-electron chi connectivity index (χ3n) is 3.31. The molecule has 7 heteroatoms. The highest BCUT2D eigenvalue weighted by Crippen LogP contribution is 2.29. The van der Waals surface area contributed by atoms with Crippen molar-refractivity contribution in [2.45, 2.75) is 11.8 Å². The minimum absolute atomic E-state index is 0.00787. The fraction of sp³-hybridized carbons (Fsp3) is 0.143. The first-order valence-corrected chi connectivity index (χ1v) is 7.84. The van der Waals surface area contributed by atoms with E-state index in [2.05, 4.69) is 10.0 Å². The minimum Gasteiger partial charge on any atom is -0.288 e. The van der Waals surface area contributed by atoms with Gasteiger partial charge in [-0.3, -0.25) is 14.9 Å². The summed E-state index contributed by atoms with van der Waals surface area (Å²) in [7, 11) is -3.68. The van der Waals surface area contributed by atoms with Crippen LogP contribution < -0.4 is 10.0 Å². The lowest BCUT2D eigenvalue weighted by atomic mass is 9.95. The van der Waals surface area contributed by atoms with Crippen LogP contribution in [-0.2, 0) is 10.0 Å². The molecule has 0 aromatic heterocycles. The molecule has 0 bridgehead atoms. The van der Waals surface area contributed by atoms with E-state index in [1.165, 1.54) is 12.1 Å². The Balaban J connectivity index is 2.36. The van der Waals surface area contributed by atoms with Gasteiger partial charge in [0.05, 0.1) is 4.90 Å². The molecule has 0 radical (unpaired) electrons. The highest BCUT2D eigenvalue weighted by atomic mass is 32.2. The molecule has 0 unspecified atom stereocenters. The van der Waals surface area contributed by atoms with Crippen LogP contribution in [-0.4, -0.2) is 26.8 Å². The second kappa shape index (κ2) is 4.64. The molecule has 0 saturated carbocycles. The Bertz CT molecular complexity index is 887. The number of imide groups is 1. The number of hydrogen-bond acceptors (Lipinski definition) is 4. The minimum atomic E-state index is -3.68. The summed E-state index contributed by atoms with van der Waals surface area (Å²) in [6, 6.07) is 7.70. The molecule has 21 heavy (non-hydrogen) atoms. The van der Waals surface area contributed by atoms with E-state index in [0.29, 0.717) is 16.3 Å². The quantitative estimate of drug-likeness (QED) is 0.828. The van der Waals surface area contributed by atoms with Crippen LogP contribution in [0.2, 0.25) is 0 Å². The Kier molecular flexibility index (Phi) is 3.03. The van der Waals surface area contributed by atoms with Gasteiger partial charge in [-0.15, -0.1) is 0 Å². The number of sulfonamides is 1. The van der Waals surface area contributed by atoms with Crippen molar-refractivity contribution >= 4 is 32.6 Å². The first-order valence-electron chi connectivity index (χ1n) is 6.36. The summed E-state index contributed by atoms with van der Waals surface area (Å²) in [5, 5.41) is 3.25. The Morgan fingerprint density at radius 1 is 1.10 bits per heavy atom. The summed E-state index contributed by atoms with van der Waals surface area (Å²) < 4.78 is 26.6. The molecule has 2 N–H and O–H groups in total. The van der Waals surface area contributed by atoms with Crippen LogP contribution in [0, 0.1) is 0 Å². The van der Waals surface area contributed by atoms with Crippen LogP contribution in [0.1, 0.15) is 27.6 Å². The van der Waals surface area contributed by atoms with Gasteiger partial charge in [-0.25, -0.2) is 13.1 Å². The Morgan fingerprint density at radius 2 is 1.81 bits per heavy atom. The number of benzene rings is 2. The topological polar surface area (TPSA) is 92.3 Å². The fourth-order valence-electron chi connectivity index (χ4n) is 2.43. The summed E-state index contributed by atoms with van der Waals surface area (Å²) in [6.45, 7) is 1.92. The monoisotopic (exact) mass is 304 g/mol. The van der Waals surface area contributed by atoms with Gasteiger partial charge in [0, 0.05) is 23.1 Å². The van der Waals surface area contributed by atoms with Crippen molar-refractivity contribution in [3.8, 4) is 0 Å². The zero-order valence-electron chi connectivity index (χ0n) is 11.1. The number of amides is 2. The van der Waals surface area contributed by atoms with Crippen molar-refractivity contribution in [1.29, 1.82) is 0 Å². The third-order valence-corrected chi connectivity index (χ3v) is 4.84. The second-order valence-electron chi connectivity index (χ2n) is 4.66. The maximum atomic E-state index is 12.1. The molecular formula is C14H12N2O4S. The number of carbonyl (C=O) groups is 2. The van der Waals surface area contributed by atoms with E-state index in [-0.39, 0.29) is 17.0 Å². The maximum absolute atomic E-state index is 12.1. The van der Waals surface area contributed by atoms with Gasteiger partial charge in [-0.2, -0.15) is 0 Å². The van der Waals surface area contributed by atoms with Crippen LogP contribution in [0.4, 0.5) is 0 Å². The van der Waals surface area contributed by atoms with E-state index in [1.807, 2.05) is 0 Å². The van der Waals surface area contributed by atoms with E-state index in [4.69, 9.17) is 0 Å². The Labute approximate surface area is 121 Å². The molecule has 0 aliphatic carbocycles. The van der Waals surface area contributed by atoms with Crippen molar-refractivity contribution in [2.24, 2.45) is 0 Å². The highest BCUT2D eigenvalue weighted by Gasteiger charge is 2.27. The predicted molar refractivity (Wildman–Crippen MR) is 76.6 cm³/mol. The van der Waals surface area contributed by atoms with Crippen molar-refractivity contribution in [3.63, 3.8) is 0 Å². The highest BCUT2D eigenvalue weighted by molar-refractivity contribution is 7.89. The molecule has 1 aliphatic rings. The average molecular weight is 304 g/mol. The zero-order valence-corrected chi connectivity index (χ0v) is 12.0. The van der Waals surface area contributed by atoms with Gasteiger partial charge in [-0.05, 0) is 23.6 Å². The lowest BCUT2D eigenvalue weighted by Crippen LogP contribution is -2.35. The zero-order chi connectivity index (χ0) is 15.2. The van der Waals surface area contributed by atoms with E-state index in [1.54, 1.807) is 25.1 Å². The third kappa shape index (κ3) is 2.10. The molecule has 0 atom stereocenters. The summed E-state index contributed by atoms with van der Waals surface area (Å²) >= 11 is 0. The first-order chi connectivity index (χ1) is 9.94. The van der Waals surface area contributed by atoms with Gasteiger partial charge in [0.25, 0.3) is 11.8 Å². The number of rotatable bonds is 3. The molecule has 1 aliphatic heterocycles.